The molecular formula is C12H24N2O. The molecule has 88 valence electrons. The van der Waals surface area contributed by atoms with E-state index in [4.69, 9.17) is 4.74 Å². The van der Waals surface area contributed by atoms with E-state index in [-0.39, 0.29) is 0 Å². The number of hydrogen-bond donors (Lipinski definition) is 1. The van der Waals surface area contributed by atoms with E-state index >= 15 is 0 Å². The Balaban J connectivity index is 1.79. The lowest BCUT2D eigenvalue weighted by molar-refractivity contribution is 0.173. The maximum Gasteiger partial charge on any atom is 0.0510 e. The van der Waals surface area contributed by atoms with Gasteiger partial charge in [-0.2, -0.15) is 0 Å². The Hall–Kier alpha value is -0.120. The summed E-state index contributed by atoms with van der Waals surface area (Å²) in [4.78, 5) is 2.41. The molecule has 3 heteroatoms. The minimum Gasteiger partial charge on any atom is -0.381 e. The number of hydrogen-bond acceptors (Lipinski definition) is 3. The Labute approximate surface area is 93.2 Å². The largest absolute Gasteiger partial charge is 0.381 e. The number of likely N-dealkylation sites (tertiary alicyclic amines) is 1. The van der Waals surface area contributed by atoms with Crippen LogP contribution in [0.5, 0.6) is 0 Å². The Morgan fingerprint density at radius 3 is 2.87 bits per heavy atom. The van der Waals surface area contributed by atoms with Crippen LogP contribution in [-0.4, -0.2) is 50.3 Å². The molecule has 0 aromatic rings. The fourth-order valence-corrected chi connectivity index (χ4v) is 2.83. The number of ether oxygens (including phenoxy) is 1. The van der Waals surface area contributed by atoms with Gasteiger partial charge in [-0.3, -0.25) is 0 Å². The molecule has 3 nitrogen and oxygen atoms in total. The van der Waals surface area contributed by atoms with Crippen LogP contribution in [0.25, 0.3) is 0 Å². The highest BCUT2D eigenvalue weighted by atomic mass is 16.5. The minimum atomic E-state index is 0.670. The molecule has 2 aliphatic heterocycles. The quantitative estimate of drug-likeness (QED) is 0.755. The van der Waals surface area contributed by atoms with E-state index in [0.29, 0.717) is 12.1 Å². The van der Waals surface area contributed by atoms with Gasteiger partial charge in [0.15, 0.2) is 0 Å². The topological polar surface area (TPSA) is 24.5 Å². The number of likely N-dealkylation sites (N-methyl/N-ethyl adjacent to an activating group) is 1. The van der Waals surface area contributed by atoms with Gasteiger partial charge in [0.05, 0.1) is 6.61 Å². The van der Waals surface area contributed by atoms with Gasteiger partial charge in [0.2, 0.25) is 0 Å². The molecule has 2 aliphatic rings. The van der Waals surface area contributed by atoms with Crippen molar-refractivity contribution in [2.75, 3.05) is 33.4 Å². The second-order valence-electron chi connectivity index (χ2n) is 5.05. The SMILES string of the molecule is CCC(NC1CCN(C)C1)C1CCOC1. The average molecular weight is 212 g/mol. The Morgan fingerprint density at radius 2 is 2.33 bits per heavy atom. The molecule has 15 heavy (non-hydrogen) atoms. The van der Waals surface area contributed by atoms with Crippen LogP contribution in [0.4, 0.5) is 0 Å². The molecule has 3 atom stereocenters. The van der Waals surface area contributed by atoms with E-state index in [9.17, 15) is 0 Å². The van der Waals surface area contributed by atoms with Gasteiger partial charge in [-0.25, -0.2) is 0 Å². The van der Waals surface area contributed by atoms with Gasteiger partial charge >= 0.3 is 0 Å². The summed E-state index contributed by atoms with van der Waals surface area (Å²) in [5.74, 6) is 0.751. The van der Waals surface area contributed by atoms with Crippen molar-refractivity contribution in [3.63, 3.8) is 0 Å². The summed E-state index contributed by atoms with van der Waals surface area (Å²) < 4.78 is 5.48. The zero-order chi connectivity index (χ0) is 10.7. The van der Waals surface area contributed by atoms with Crippen molar-refractivity contribution in [2.24, 2.45) is 5.92 Å². The first-order chi connectivity index (χ1) is 7.29. The fraction of sp³-hybridized carbons (Fsp3) is 1.00. The fourth-order valence-electron chi connectivity index (χ4n) is 2.83. The summed E-state index contributed by atoms with van der Waals surface area (Å²) in [6.07, 6.45) is 3.78. The molecule has 0 aromatic heterocycles. The Kier molecular flexibility index (Phi) is 4.00. The minimum absolute atomic E-state index is 0.670. The normalized spacial score (nSPS) is 34.8. The number of nitrogens with zero attached hydrogens (tertiary/aromatic N) is 1. The Morgan fingerprint density at radius 1 is 1.47 bits per heavy atom. The van der Waals surface area contributed by atoms with E-state index < -0.39 is 0 Å². The van der Waals surface area contributed by atoms with Gasteiger partial charge in [0.25, 0.3) is 0 Å². The van der Waals surface area contributed by atoms with Crippen LogP contribution in [0, 0.1) is 5.92 Å². The van der Waals surface area contributed by atoms with Crippen LogP contribution in [0.3, 0.4) is 0 Å². The third-order valence-corrected chi connectivity index (χ3v) is 3.81. The van der Waals surface area contributed by atoms with Crippen molar-refractivity contribution in [1.29, 1.82) is 0 Å². The highest BCUT2D eigenvalue weighted by molar-refractivity contribution is 4.86. The van der Waals surface area contributed by atoms with Gasteiger partial charge in [-0.1, -0.05) is 6.92 Å². The van der Waals surface area contributed by atoms with Crippen molar-refractivity contribution in [3.8, 4) is 0 Å². The first kappa shape index (κ1) is 11.4. The lowest BCUT2D eigenvalue weighted by atomic mass is 9.96. The molecular weight excluding hydrogens is 188 g/mol. The molecule has 0 spiro atoms. The van der Waals surface area contributed by atoms with Gasteiger partial charge in [0.1, 0.15) is 0 Å². The zero-order valence-electron chi connectivity index (χ0n) is 10.0. The van der Waals surface area contributed by atoms with E-state index in [1.54, 1.807) is 0 Å². The second-order valence-corrected chi connectivity index (χ2v) is 5.05. The smallest absolute Gasteiger partial charge is 0.0510 e. The van der Waals surface area contributed by atoms with Crippen LogP contribution in [0.1, 0.15) is 26.2 Å². The van der Waals surface area contributed by atoms with Crippen LogP contribution in [-0.2, 0) is 4.74 Å². The van der Waals surface area contributed by atoms with Crippen molar-refractivity contribution < 1.29 is 4.74 Å². The maximum atomic E-state index is 5.48. The summed E-state index contributed by atoms with van der Waals surface area (Å²) in [5, 5.41) is 3.82. The van der Waals surface area contributed by atoms with Crippen LogP contribution in [0.15, 0.2) is 0 Å². The van der Waals surface area contributed by atoms with Crippen molar-refractivity contribution in [2.45, 2.75) is 38.3 Å². The first-order valence-electron chi connectivity index (χ1n) is 6.32. The molecule has 2 fully saturated rings. The number of nitrogens with one attached hydrogen (secondary N) is 1. The van der Waals surface area contributed by atoms with E-state index in [2.05, 4.69) is 24.2 Å². The van der Waals surface area contributed by atoms with E-state index in [0.717, 1.165) is 19.1 Å². The maximum absolute atomic E-state index is 5.48. The van der Waals surface area contributed by atoms with E-state index in [1.807, 2.05) is 0 Å². The molecule has 2 rings (SSSR count). The lowest BCUT2D eigenvalue weighted by Crippen LogP contribution is -2.43. The molecule has 3 unspecified atom stereocenters. The highest BCUT2D eigenvalue weighted by Gasteiger charge is 2.28. The zero-order valence-corrected chi connectivity index (χ0v) is 10.0. The monoisotopic (exact) mass is 212 g/mol. The predicted octanol–water partition coefficient (Wildman–Crippen LogP) is 1.10. The molecule has 2 heterocycles. The summed E-state index contributed by atoms with van der Waals surface area (Å²) in [7, 11) is 2.21. The summed E-state index contributed by atoms with van der Waals surface area (Å²) in [6, 6.07) is 1.38. The molecule has 0 amide bonds. The van der Waals surface area contributed by atoms with E-state index in [1.165, 1.54) is 32.4 Å². The molecule has 0 bridgehead atoms. The first-order valence-corrected chi connectivity index (χ1v) is 6.32. The lowest BCUT2D eigenvalue weighted by Gasteiger charge is -2.26. The Bertz CT molecular complexity index is 192. The van der Waals surface area contributed by atoms with Gasteiger partial charge in [-0.05, 0) is 38.8 Å². The molecule has 0 aliphatic carbocycles. The van der Waals surface area contributed by atoms with Crippen molar-refractivity contribution >= 4 is 0 Å². The molecule has 0 radical (unpaired) electrons. The van der Waals surface area contributed by atoms with Crippen molar-refractivity contribution in [1.82, 2.24) is 10.2 Å². The van der Waals surface area contributed by atoms with Gasteiger partial charge < -0.3 is 15.0 Å². The molecule has 0 aromatic carbocycles. The summed E-state index contributed by atoms with van der Waals surface area (Å²) in [5.41, 5.74) is 0. The third kappa shape index (κ3) is 2.92. The van der Waals surface area contributed by atoms with Crippen LogP contribution < -0.4 is 5.32 Å². The number of rotatable bonds is 4. The molecule has 1 N–H and O–H groups in total. The standard InChI is InChI=1S/C12H24N2O/c1-3-12(10-5-7-15-9-10)13-11-4-6-14(2)8-11/h10-13H,3-9H2,1-2H3. The predicted molar refractivity (Wildman–Crippen MR) is 62.0 cm³/mol. The third-order valence-electron chi connectivity index (χ3n) is 3.81. The average Bonchev–Trinajstić information content (AvgIpc) is 2.85. The second kappa shape index (κ2) is 5.28. The van der Waals surface area contributed by atoms with Crippen LogP contribution >= 0.6 is 0 Å². The molecule has 2 saturated heterocycles. The van der Waals surface area contributed by atoms with Crippen molar-refractivity contribution in [3.05, 3.63) is 0 Å². The molecule has 0 saturated carbocycles. The highest BCUT2D eigenvalue weighted by Crippen LogP contribution is 2.20. The summed E-state index contributed by atoms with van der Waals surface area (Å²) >= 11 is 0. The van der Waals surface area contributed by atoms with Crippen LogP contribution in [0.2, 0.25) is 0 Å². The van der Waals surface area contributed by atoms with Gasteiger partial charge in [0, 0.05) is 25.2 Å². The van der Waals surface area contributed by atoms with Gasteiger partial charge in [-0.15, -0.1) is 0 Å². The summed E-state index contributed by atoms with van der Waals surface area (Å²) in [6.45, 7) is 6.68.